The lowest BCUT2D eigenvalue weighted by Crippen LogP contribution is -2.31. The zero-order valence-corrected chi connectivity index (χ0v) is 16.7. The number of rotatable bonds is 7. The monoisotopic (exact) mass is 416 g/mol. The van der Waals surface area contributed by atoms with Crippen LogP contribution >= 0.6 is 0 Å². The Balaban J connectivity index is 1.68. The fraction of sp³-hybridized carbons (Fsp3) is 0.222. The highest BCUT2D eigenvalue weighted by atomic mass is 32.2. The van der Waals surface area contributed by atoms with E-state index in [2.05, 4.69) is 20.1 Å². The number of hydrogen-bond acceptors (Lipinski definition) is 6. The number of hydrogen-bond donors (Lipinski definition) is 2. The lowest BCUT2D eigenvalue weighted by atomic mass is 10.3. The summed E-state index contributed by atoms with van der Waals surface area (Å²) in [5.74, 6) is 0.199. The summed E-state index contributed by atoms with van der Waals surface area (Å²) < 4.78 is 29.9. The van der Waals surface area contributed by atoms with Crippen molar-refractivity contribution in [1.82, 2.24) is 24.1 Å². The van der Waals surface area contributed by atoms with Gasteiger partial charge < -0.3 is 5.32 Å². The fourth-order valence-corrected chi connectivity index (χ4v) is 3.69. The summed E-state index contributed by atoms with van der Waals surface area (Å²) in [6.45, 7) is 1.42. The van der Waals surface area contributed by atoms with E-state index in [9.17, 15) is 18.0 Å². The van der Waals surface area contributed by atoms with Crippen molar-refractivity contribution < 1.29 is 13.2 Å². The molecule has 1 amide bonds. The number of nitrogens with one attached hydrogen (secondary N) is 2. The van der Waals surface area contributed by atoms with Crippen LogP contribution in [-0.2, 0) is 28.4 Å². The molecule has 3 rings (SSSR count). The van der Waals surface area contributed by atoms with Gasteiger partial charge in [0.2, 0.25) is 15.9 Å². The average molecular weight is 416 g/mol. The van der Waals surface area contributed by atoms with Crippen LogP contribution in [-0.4, -0.2) is 40.2 Å². The number of benzene rings is 1. The van der Waals surface area contributed by atoms with E-state index in [4.69, 9.17) is 0 Å². The molecule has 0 unspecified atom stereocenters. The summed E-state index contributed by atoms with van der Waals surface area (Å²) in [5.41, 5.74) is 0.827. The van der Waals surface area contributed by atoms with Gasteiger partial charge in [-0.05, 0) is 36.4 Å². The molecule has 0 aliphatic rings. The van der Waals surface area contributed by atoms with Gasteiger partial charge in [-0.15, -0.1) is 5.10 Å². The lowest BCUT2D eigenvalue weighted by molar-refractivity contribution is -0.114. The first kappa shape index (κ1) is 20.4. The Morgan fingerprint density at radius 1 is 1.17 bits per heavy atom. The van der Waals surface area contributed by atoms with Crippen molar-refractivity contribution in [2.45, 2.75) is 18.4 Å². The second-order valence-corrected chi connectivity index (χ2v) is 8.00. The Hall–Kier alpha value is -3.31. The molecule has 0 aliphatic carbocycles. The molecular weight excluding hydrogens is 396 g/mol. The molecule has 10 nitrogen and oxygen atoms in total. The molecule has 0 atom stereocenters. The van der Waals surface area contributed by atoms with Crippen LogP contribution in [0.1, 0.15) is 6.92 Å². The lowest BCUT2D eigenvalue weighted by Gasteiger charge is -2.08. The molecule has 0 aliphatic heterocycles. The van der Waals surface area contributed by atoms with E-state index < -0.39 is 10.0 Å². The molecule has 0 radical (unpaired) electrons. The molecular formula is C18H20N6O4S. The number of carbonyl (C=O) groups is 1. The van der Waals surface area contributed by atoms with E-state index in [1.165, 1.54) is 40.4 Å². The molecule has 2 N–H and O–H groups in total. The van der Waals surface area contributed by atoms with E-state index in [0.717, 1.165) is 0 Å². The Kier molecular flexibility index (Phi) is 5.89. The Morgan fingerprint density at radius 3 is 2.52 bits per heavy atom. The van der Waals surface area contributed by atoms with Gasteiger partial charge in [0, 0.05) is 44.2 Å². The van der Waals surface area contributed by atoms with Gasteiger partial charge in [-0.1, -0.05) is 0 Å². The molecule has 0 saturated heterocycles. The number of nitrogens with zero attached hydrogens (tertiary/aromatic N) is 4. The average Bonchev–Trinajstić information content (AvgIpc) is 2.97. The van der Waals surface area contributed by atoms with Crippen LogP contribution in [0.4, 0.5) is 5.69 Å². The van der Waals surface area contributed by atoms with Crippen molar-refractivity contribution >= 4 is 21.6 Å². The molecule has 0 spiro atoms. The number of carbonyl (C=O) groups excluding carboxylic acids is 1. The largest absolute Gasteiger partial charge is 0.345 e. The summed E-state index contributed by atoms with van der Waals surface area (Å²) in [4.78, 5) is 27.4. The molecule has 11 heteroatoms. The topological polar surface area (TPSA) is 128 Å². The van der Waals surface area contributed by atoms with Crippen molar-refractivity contribution in [3.63, 3.8) is 0 Å². The zero-order valence-electron chi connectivity index (χ0n) is 15.9. The van der Waals surface area contributed by atoms with Gasteiger partial charge in [0.05, 0.1) is 11.4 Å². The molecule has 0 saturated carbocycles. The number of pyridine rings is 1. The van der Waals surface area contributed by atoms with E-state index in [1.54, 1.807) is 31.6 Å². The second kappa shape index (κ2) is 8.37. The SMILES string of the molecule is CC(=O)Nc1ccc(S(=O)(=O)NCCn2nc(-c3cccnc3)n(C)c2=O)cc1. The third-order valence-electron chi connectivity index (χ3n) is 4.06. The maximum atomic E-state index is 12.4. The predicted molar refractivity (Wildman–Crippen MR) is 107 cm³/mol. The molecule has 29 heavy (non-hydrogen) atoms. The quantitative estimate of drug-likeness (QED) is 0.580. The van der Waals surface area contributed by atoms with Gasteiger partial charge in [0.1, 0.15) is 0 Å². The minimum Gasteiger partial charge on any atom is -0.326 e. The smallest absolute Gasteiger partial charge is 0.326 e. The minimum atomic E-state index is -3.77. The number of amides is 1. The summed E-state index contributed by atoms with van der Waals surface area (Å²) in [5, 5.41) is 6.83. The molecule has 1 aromatic carbocycles. The van der Waals surface area contributed by atoms with Crippen molar-refractivity contribution in [2.24, 2.45) is 7.05 Å². The van der Waals surface area contributed by atoms with Gasteiger partial charge in [-0.3, -0.25) is 14.3 Å². The van der Waals surface area contributed by atoms with E-state index in [0.29, 0.717) is 17.1 Å². The molecule has 0 fully saturated rings. The van der Waals surface area contributed by atoms with Crippen LogP contribution in [0.15, 0.2) is 58.5 Å². The predicted octanol–water partition coefficient (Wildman–Crippen LogP) is 0.581. The highest BCUT2D eigenvalue weighted by Crippen LogP contribution is 2.14. The first-order valence-corrected chi connectivity index (χ1v) is 10.2. The molecule has 152 valence electrons. The fourth-order valence-electron chi connectivity index (χ4n) is 2.67. The molecule has 2 heterocycles. The highest BCUT2D eigenvalue weighted by Gasteiger charge is 2.16. The van der Waals surface area contributed by atoms with Crippen molar-refractivity contribution in [1.29, 1.82) is 0 Å². The van der Waals surface area contributed by atoms with Crippen LogP contribution in [0.2, 0.25) is 0 Å². The number of aromatic nitrogens is 4. The molecule has 2 aromatic heterocycles. The van der Waals surface area contributed by atoms with Crippen LogP contribution in [0.5, 0.6) is 0 Å². The second-order valence-electron chi connectivity index (χ2n) is 6.23. The van der Waals surface area contributed by atoms with Gasteiger partial charge in [0.25, 0.3) is 0 Å². The standard InChI is InChI=1S/C18H20N6O4S/c1-13(25)21-15-5-7-16(8-6-15)29(27,28)20-10-11-24-18(26)23(2)17(22-24)14-4-3-9-19-12-14/h3-9,12,20H,10-11H2,1-2H3,(H,21,25). The van der Waals surface area contributed by atoms with Gasteiger partial charge >= 0.3 is 5.69 Å². The molecule has 0 bridgehead atoms. The van der Waals surface area contributed by atoms with E-state index in [-0.39, 0.29) is 29.6 Å². The van der Waals surface area contributed by atoms with E-state index in [1.807, 2.05) is 0 Å². The maximum absolute atomic E-state index is 12.4. The Bertz CT molecular complexity index is 1170. The normalized spacial score (nSPS) is 11.4. The summed E-state index contributed by atoms with van der Waals surface area (Å²) in [6.07, 6.45) is 3.22. The highest BCUT2D eigenvalue weighted by molar-refractivity contribution is 7.89. The summed E-state index contributed by atoms with van der Waals surface area (Å²) in [7, 11) is -2.17. The third-order valence-corrected chi connectivity index (χ3v) is 5.54. The van der Waals surface area contributed by atoms with Crippen LogP contribution in [0.25, 0.3) is 11.4 Å². The van der Waals surface area contributed by atoms with Crippen molar-refractivity contribution in [3.05, 3.63) is 59.3 Å². The summed E-state index contributed by atoms with van der Waals surface area (Å²) in [6, 6.07) is 9.30. The first-order chi connectivity index (χ1) is 13.8. The molecule has 3 aromatic rings. The van der Waals surface area contributed by atoms with Gasteiger partial charge in [-0.2, -0.15) is 0 Å². The Labute approximate surface area is 167 Å². The number of sulfonamides is 1. The van der Waals surface area contributed by atoms with Crippen LogP contribution < -0.4 is 15.7 Å². The Morgan fingerprint density at radius 2 is 1.90 bits per heavy atom. The number of anilines is 1. The van der Waals surface area contributed by atoms with Crippen LogP contribution in [0, 0.1) is 0 Å². The van der Waals surface area contributed by atoms with E-state index >= 15 is 0 Å². The first-order valence-electron chi connectivity index (χ1n) is 8.69. The van der Waals surface area contributed by atoms with Crippen molar-refractivity contribution in [2.75, 3.05) is 11.9 Å². The third kappa shape index (κ3) is 4.76. The van der Waals surface area contributed by atoms with Crippen molar-refractivity contribution in [3.8, 4) is 11.4 Å². The van der Waals surface area contributed by atoms with Crippen LogP contribution in [0.3, 0.4) is 0 Å². The maximum Gasteiger partial charge on any atom is 0.345 e. The summed E-state index contributed by atoms with van der Waals surface area (Å²) >= 11 is 0. The van der Waals surface area contributed by atoms with Gasteiger partial charge in [0.15, 0.2) is 5.82 Å². The van der Waals surface area contributed by atoms with Gasteiger partial charge in [-0.25, -0.2) is 22.6 Å². The zero-order chi connectivity index (χ0) is 21.0. The minimum absolute atomic E-state index is 0.0147.